The summed E-state index contributed by atoms with van der Waals surface area (Å²) in [5.41, 5.74) is 5.22. The fourth-order valence-corrected chi connectivity index (χ4v) is 1.88. The first-order valence-electron chi connectivity index (χ1n) is 5.70. The number of nitrogens with zero attached hydrogens (tertiary/aromatic N) is 1. The molecule has 4 heteroatoms. The quantitative estimate of drug-likeness (QED) is 0.734. The molecule has 1 fully saturated rings. The van der Waals surface area contributed by atoms with Crippen LogP contribution in [0, 0.1) is 10.8 Å². The number of imide groups is 1. The summed E-state index contributed by atoms with van der Waals surface area (Å²) in [5.74, 6) is -0.134. The Morgan fingerprint density at radius 2 is 1.69 bits per heavy atom. The average molecular weight is 226 g/mol. The minimum atomic E-state index is -0.202. The molecule has 1 rings (SSSR count). The van der Waals surface area contributed by atoms with E-state index in [2.05, 4.69) is 0 Å². The number of likely N-dealkylation sites (tertiary alicyclic amines) is 1. The van der Waals surface area contributed by atoms with E-state index >= 15 is 0 Å². The van der Waals surface area contributed by atoms with Crippen LogP contribution in [-0.4, -0.2) is 29.8 Å². The summed E-state index contributed by atoms with van der Waals surface area (Å²) in [5, 5.41) is 0. The first kappa shape index (κ1) is 13.2. The van der Waals surface area contributed by atoms with Crippen molar-refractivity contribution >= 4 is 11.8 Å². The Labute approximate surface area is 97.2 Å². The van der Waals surface area contributed by atoms with Crippen LogP contribution < -0.4 is 5.73 Å². The highest BCUT2D eigenvalue weighted by molar-refractivity contribution is 5.98. The molecule has 0 atom stereocenters. The Kier molecular flexibility index (Phi) is 3.43. The normalized spacial score (nSPS) is 21.4. The van der Waals surface area contributed by atoms with Gasteiger partial charge in [-0.15, -0.1) is 0 Å². The van der Waals surface area contributed by atoms with Gasteiger partial charge < -0.3 is 5.73 Å². The van der Waals surface area contributed by atoms with Crippen molar-refractivity contribution in [3.63, 3.8) is 0 Å². The Bertz CT molecular complexity index is 288. The van der Waals surface area contributed by atoms with E-state index in [1.807, 2.05) is 27.7 Å². The van der Waals surface area contributed by atoms with E-state index in [4.69, 9.17) is 5.73 Å². The molecule has 0 spiro atoms. The van der Waals surface area contributed by atoms with E-state index in [1.165, 1.54) is 4.90 Å². The lowest BCUT2D eigenvalue weighted by Crippen LogP contribution is -2.50. The summed E-state index contributed by atoms with van der Waals surface area (Å²) in [6, 6.07) is 0. The lowest BCUT2D eigenvalue weighted by Gasteiger charge is -2.38. The summed E-state index contributed by atoms with van der Waals surface area (Å²) >= 11 is 0. The van der Waals surface area contributed by atoms with Crippen molar-refractivity contribution in [2.45, 2.75) is 40.5 Å². The van der Waals surface area contributed by atoms with Crippen LogP contribution in [0.4, 0.5) is 0 Å². The second-order valence-corrected chi connectivity index (χ2v) is 6.26. The van der Waals surface area contributed by atoms with Gasteiger partial charge in [-0.05, 0) is 17.4 Å². The van der Waals surface area contributed by atoms with Crippen molar-refractivity contribution in [3.05, 3.63) is 0 Å². The molecule has 0 aromatic carbocycles. The van der Waals surface area contributed by atoms with E-state index in [9.17, 15) is 9.59 Å². The van der Waals surface area contributed by atoms with Gasteiger partial charge in [-0.25, -0.2) is 0 Å². The average Bonchev–Trinajstić information content (AvgIpc) is 2.10. The molecule has 0 unspecified atom stereocenters. The van der Waals surface area contributed by atoms with Crippen LogP contribution in [0.1, 0.15) is 40.5 Å². The van der Waals surface area contributed by atoms with Crippen molar-refractivity contribution < 1.29 is 9.59 Å². The molecular formula is C12H22N2O2. The molecule has 1 saturated heterocycles. The van der Waals surface area contributed by atoms with Crippen LogP contribution in [-0.2, 0) is 9.59 Å². The van der Waals surface area contributed by atoms with Crippen LogP contribution >= 0.6 is 0 Å². The maximum atomic E-state index is 11.9. The Hall–Kier alpha value is -0.900. The van der Waals surface area contributed by atoms with E-state index in [-0.39, 0.29) is 22.6 Å². The standard InChI is InChI=1S/C12H22N2O2/c1-11(2)5-9(15)14(10(16)6-11)8-12(3,4)7-13/h5-8,13H2,1-4H3. The van der Waals surface area contributed by atoms with Gasteiger partial charge in [0.15, 0.2) is 0 Å². The van der Waals surface area contributed by atoms with Gasteiger partial charge in [-0.3, -0.25) is 14.5 Å². The van der Waals surface area contributed by atoms with E-state index in [0.717, 1.165) is 0 Å². The molecule has 0 saturated carbocycles. The van der Waals surface area contributed by atoms with Gasteiger partial charge in [0, 0.05) is 19.4 Å². The van der Waals surface area contributed by atoms with Crippen molar-refractivity contribution in [3.8, 4) is 0 Å². The van der Waals surface area contributed by atoms with Gasteiger partial charge in [0.25, 0.3) is 0 Å². The van der Waals surface area contributed by atoms with E-state index in [0.29, 0.717) is 25.9 Å². The molecule has 1 aliphatic rings. The van der Waals surface area contributed by atoms with Crippen molar-refractivity contribution in [1.82, 2.24) is 4.90 Å². The third kappa shape index (κ3) is 3.04. The van der Waals surface area contributed by atoms with Crippen LogP contribution in [0.3, 0.4) is 0 Å². The lowest BCUT2D eigenvalue weighted by molar-refractivity contribution is -0.154. The predicted molar refractivity (Wildman–Crippen MR) is 62.6 cm³/mol. The minimum Gasteiger partial charge on any atom is -0.330 e. The van der Waals surface area contributed by atoms with E-state index in [1.54, 1.807) is 0 Å². The highest BCUT2D eigenvalue weighted by atomic mass is 16.2. The van der Waals surface area contributed by atoms with Gasteiger partial charge in [0.05, 0.1) is 0 Å². The number of carbonyl (C=O) groups is 2. The summed E-state index contributed by atoms with van der Waals surface area (Å²) in [4.78, 5) is 25.1. The molecule has 0 aromatic rings. The van der Waals surface area contributed by atoms with Crippen molar-refractivity contribution in [2.24, 2.45) is 16.6 Å². The first-order valence-corrected chi connectivity index (χ1v) is 5.70. The second-order valence-electron chi connectivity index (χ2n) is 6.26. The lowest BCUT2D eigenvalue weighted by atomic mass is 9.80. The topological polar surface area (TPSA) is 63.4 Å². The summed E-state index contributed by atoms with van der Waals surface area (Å²) in [6.45, 7) is 8.73. The van der Waals surface area contributed by atoms with Gasteiger partial charge >= 0.3 is 0 Å². The summed E-state index contributed by atoms with van der Waals surface area (Å²) in [6.07, 6.45) is 0.888. The molecule has 1 aliphatic heterocycles. The van der Waals surface area contributed by atoms with Gasteiger partial charge in [0.2, 0.25) is 11.8 Å². The summed E-state index contributed by atoms with van der Waals surface area (Å²) in [7, 11) is 0. The predicted octanol–water partition coefficient (Wildman–Crippen LogP) is 1.15. The molecular weight excluding hydrogens is 204 g/mol. The molecule has 0 aromatic heterocycles. The molecule has 1 heterocycles. The third-order valence-electron chi connectivity index (χ3n) is 3.00. The summed E-state index contributed by atoms with van der Waals surface area (Å²) < 4.78 is 0. The van der Waals surface area contributed by atoms with Crippen LogP contribution in [0.25, 0.3) is 0 Å². The van der Waals surface area contributed by atoms with Crippen LogP contribution in [0.5, 0.6) is 0 Å². The number of nitrogens with two attached hydrogens (primary N) is 1. The minimum absolute atomic E-state index is 0.0669. The Morgan fingerprint density at radius 1 is 1.25 bits per heavy atom. The van der Waals surface area contributed by atoms with Crippen LogP contribution in [0.2, 0.25) is 0 Å². The zero-order valence-electron chi connectivity index (χ0n) is 10.7. The zero-order valence-corrected chi connectivity index (χ0v) is 10.7. The molecule has 0 bridgehead atoms. The fourth-order valence-electron chi connectivity index (χ4n) is 1.88. The number of rotatable bonds is 3. The highest BCUT2D eigenvalue weighted by Gasteiger charge is 2.39. The maximum absolute atomic E-state index is 11.9. The first-order chi connectivity index (χ1) is 7.17. The molecule has 0 aliphatic carbocycles. The van der Waals surface area contributed by atoms with Gasteiger partial charge in [-0.1, -0.05) is 27.7 Å². The number of carbonyl (C=O) groups excluding carboxylic acids is 2. The monoisotopic (exact) mass is 226 g/mol. The second kappa shape index (κ2) is 4.17. The van der Waals surface area contributed by atoms with Crippen molar-refractivity contribution in [2.75, 3.05) is 13.1 Å². The molecule has 4 nitrogen and oxygen atoms in total. The van der Waals surface area contributed by atoms with Crippen molar-refractivity contribution in [1.29, 1.82) is 0 Å². The van der Waals surface area contributed by atoms with Gasteiger partial charge in [0.1, 0.15) is 0 Å². The molecule has 2 N–H and O–H groups in total. The maximum Gasteiger partial charge on any atom is 0.229 e. The Balaban J connectivity index is 2.76. The van der Waals surface area contributed by atoms with E-state index < -0.39 is 0 Å². The smallest absolute Gasteiger partial charge is 0.229 e. The zero-order chi connectivity index (χ0) is 12.6. The molecule has 2 amide bonds. The highest BCUT2D eigenvalue weighted by Crippen LogP contribution is 2.32. The van der Waals surface area contributed by atoms with Crippen LogP contribution in [0.15, 0.2) is 0 Å². The molecule has 92 valence electrons. The fraction of sp³-hybridized carbons (Fsp3) is 0.833. The molecule has 16 heavy (non-hydrogen) atoms. The number of hydrogen-bond acceptors (Lipinski definition) is 3. The SMILES string of the molecule is CC1(C)CC(=O)N(CC(C)(C)CN)C(=O)C1. The number of hydrogen-bond donors (Lipinski definition) is 1. The number of piperidine rings is 1. The Morgan fingerprint density at radius 3 is 2.06 bits per heavy atom. The molecule has 0 radical (unpaired) electrons. The largest absolute Gasteiger partial charge is 0.330 e. The third-order valence-corrected chi connectivity index (χ3v) is 3.00. The van der Waals surface area contributed by atoms with Gasteiger partial charge in [-0.2, -0.15) is 0 Å². The number of amides is 2.